The van der Waals surface area contributed by atoms with Crippen molar-refractivity contribution in [2.75, 3.05) is 13.2 Å². The molecule has 2 N–H and O–H groups in total. The normalized spacial score (nSPS) is 11.8. The van der Waals surface area contributed by atoms with E-state index in [0.29, 0.717) is 0 Å². The van der Waals surface area contributed by atoms with Crippen LogP contribution in [0.4, 0.5) is 0 Å². The van der Waals surface area contributed by atoms with E-state index < -0.39 is 20.8 Å². The van der Waals surface area contributed by atoms with E-state index in [1.807, 2.05) is 0 Å². The number of hydrogen-bond acceptors (Lipinski definition) is 6. The Labute approximate surface area is 121 Å². The summed E-state index contributed by atoms with van der Waals surface area (Å²) in [4.78, 5) is 0. The van der Waals surface area contributed by atoms with E-state index in [4.69, 9.17) is 17.5 Å². The molecule has 0 aromatic carbocycles. The molecule has 0 amide bonds. The highest BCUT2D eigenvalue weighted by Gasteiger charge is 2.10. The van der Waals surface area contributed by atoms with Crippen LogP contribution in [-0.2, 0) is 29.2 Å². The molecule has 0 aliphatic heterocycles. The number of rotatable bonds is 10. The predicted octanol–water partition coefficient (Wildman–Crippen LogP) is 1.99. The Hall–Kier alpha value is -0.260. The molecular weight excluding hydrogens is 312 g/mol. The molecule has 0 aliphatic carbocycles. The molecule has 0 fully saturated rings. The van der Waals surface area contributed by atoms with E-state index in [0.717, 1.165) is 38.5 Å². The molecule has 10 heteroatoms. The maximum Gasteiger partial charge on any atom is 0.399 e. The molecule has 0 atom stereocenters. The standard InChI is InChI=1S/C10H22O4S.H2O4S/c1-3-5-7-9-13-15(11,12)14-10-8-6-4-2;1-5(2,3)4/h3-10H2,1-2H3;(H2,1,2,3,4). The van der Waals surface area contributed by atoms with E-state index in [-0.39, 0.29) is 13.2 Å². The zero-order valence-corrected chi connectivity index (χ0v) is 13.5. The van der Waals surface area contributed by atoms with Gasteiger partial charge in [-0.1, -0.05) is 39.5 Å². The van der Waals surface area contributed by atoms with Gasteiger partial charge in [-0.25, -0.2) is 8.37 Å². The Kier molecular flexibility index (Phi) is 13.7. The van der Waals surface area contributed by atoms with Crippen molar-refractivity contribution in [2.45, 2.75) is 52.4 Å². The highest BCUT2D eigenvalue weighted by Crippen LogP contribution is 2.03. The minimum atomic E-state index is -4.67. The lowest BCUT2D eigenvalue weighted by molar-refractivity contribution is 0.208. The van der Waals surface area contributed by atoms with Crippen LogP contribution in [0, 0.1) is 0 Å². The van der Waals surface area contributed by atoms with Crippen molar-refractivity contribution in [1.82, 2.24) is 0 Å². The predicted molar refractivity (Wildman–Crippen MR) is 74.1 cm³/mol. The molecule has 0 bridgehead atoms. The highest BCUT2D eigenvalue weighted by molar-refractivity contribution is 7.81. The number of hydrogen-bond donors (Lipinski definition) is 2. The van der Waals surface area contributed by atoms with Gasteiger partial charge in [-0.05, 0) is 12.8 Å². The molecule has 0 aromatic heterocycles. The Balaban J connectivity index is 0. The van der Waals surface area contributed by atoms with E-state index in [1.165, 1.54) is 0 Å². The fourth-order valence-corrected chi connectivity index (χ4v) is 1.77. The largest absolute Gasteiger partial charge is 0.399 e. The maximum atomic E-state index is 11.1. The summed E-state index contributed by atoms with van der Waals surface area (Å²) in [5.41, 5.74) is 0. The first-order chi connectivity index (χ1) is 9.12. The summed E-state index contributed by atoms with van der Waals surface area (Å²) in [6, 6.07) is 0. The molecule has 0 radical (unpaired) electrons. The quantitative estimate of drug-likeness (QED) is 0.458. The first-order valence-electron chi connectivity index (χ1n) is 6.36. The summed E-state index contributed by atoms with van der Waals surface area (Å²) in [6.07, 6.45) is 5.56. The first kappa shape index (κ1) is 22.0. The minimum absolute atomic E-state index is 0.226. The van der Waals surface area contributed by atoms with Crippen molar-refractivity contribution in [3.63, 3.8) is 0 Å². The van der Waals surface area contributed by atoms with Gasteiger partial charge in [0.2, 0.25) is 0 Å². The van der Waals surface area contributed by atoms with Crippen molar-refractivity contribution < 1.29 is 34.3 Å². The first-order valence-corrected chi connectivity index (χ1v) is 9.09. The van der Waals surface area contributed by atoms with Crippen LogP contribution in [-0.4, -0.2) is 39.2 Å². The van der Waals surface area contributed by atoms with Crippen LogP contribution in [0.3, 0.4) is 0 Å². The summed E-state index contributed by atoms with van der Waals surface area (Å²) in [5.74, 6) is 0. The third kappa shape index (κ3) is 26.3. The monoisotopic (exact) mass is 336 g/mol. The SMILES string of the molecule is CCCCCOS(=O)(=O)OCCCCC.O=S(=O)(O)O. The second-order valence-electron chi connectivity index (χ2n) is 3.91. The molecule has 0 spiro atoms. The van der Waals surface area contributed by atoms with Crippen LogP contribution in [0.25, 0.3) is 0 Å². The summed E-state index contributed by atoms with van der Waals surface area (Å²) >= 11 is 0. The maximum absolute atomic E-state index is 11.1. The summed E-state index contributed by atoms with van der Waals surface area (Å²) in [6.45, 7) is 4.55. The lowest BCUT2D eigenvalue weighted by Crippen LogP contribution is -2.12. The van der Waals surface area contributed by atoms with Gasteiger partial charge in [0, 0.05) is 0 Å². The van der Waals surface area contributed by atoms with Crippen LogP contribution in [0.1, 0.15) is 52.4 Å². The van der Waals surface area contributed by atoms with Crippen molar-refractivity contribution in [3.8, 4) is 0 Å². The third-order valence-corrected chi connectivity index (χ3v) is 2.86. The molecule has 0 saturated heterocycles. The van der Waals surface area contributed by atoms with Gasteiger partial charge in [-0.15, -0.1) is 0 Å². The molecule has 0 heterocycles. The van der Waals surface area contributed by atoms with Crippen LogP contribution in [0.15, 0.2) is 0 Å². The van der Waals surface area contributed by atoms with Crippen LogP contribution in [0.5, 0.6) is 0 Å². The average molecular weight is 336 g/mol. The average Bonchev–Trinajstić information content (AvgIpc) is 2.28. The second kappa shape index (κ2) is 12.5. The van der Waals surface area contributed by atoms with Gasteiger partial charge in [0.25, 0.3) is 0 Å². The van der Waals surface area contributed by atoms with Crippen LogP contribution < -0.4 is 0 Å². The van der Waals surface area contributed by atoms with Crippen molar-refractivity contribution >= 4 is 20.8 Å². The molecule has 0 aliphatic rings. The molecule has 0 saturated carbocycles. The molecule has 20 heavy (non-hydrogen) atoms. The summed E-state index contributed by atoms with van der Waals surface area (Å²) in [5, 5.41) is 0. The Morgan fingerprint density at radius 2 is 1.05 bits per heavy atom. The molecule has 124 valence electrons. The van der Waals surface area contributed by atoms with Gasteiger partial charge in [0.15, 0.2) is 0 Å². The van der Waals surface area contributed by atoms with Gasteiger partial charge >= 0.3 is 20.8 Å². The zero-order chi connectivity index (χ0) is 16.1. The highest BCUT2D eigenvalue weighted by atomic mass is 32.3. The lowest BCUT2D eigenvalue weighted by atomic mass is 10.3. The van der Waals surface area contributed by atoms with Crippen molar-refractivity contribution in [1.29, 1.82) is 0 Å². The molecule has 0 rings (SSSR count). The molecular formula is C10H24O8S2. The minimum Gasteiger partial charge on any atom is -0.264 e. The summed E-state index contributed by atoms with van der Waals surface area (Å²) in [7, 11) is -8.41. The second-order valence-corrected chi connectivity index (χ2v) is 6.10. The Bertz CT molecular complexity index is 375. The number of unbranched alkanes of at least 4 members (excludes halogenated alkanes) is 4. The molecule has 0 aromatic rings. The topological polar surface area (TPSA) is 127 Å². The Morgan fingerprint density at radius 1 is 0.750 bits per heavy atom. The van der Waals surface area contributed by atoms with Crippen LogP contribution >= 0.6 is 0 Å². The smallest absolute Gasteiger partial charge is 0.264 e. The summed E-state index contributed by atoms with van der Waals surface area (Å²) < 4.78 is 63.1. The van der Waals surface area contributed by atoms with Crippen LogP contribution in [0.2, 0.25) is 0 Å². The van der Waals surface area contributed by atoms with E-state index in [2.05, 4.69) is 22.2 Å². The van der Waals surface area contributed by atoms with Gasteiger partial charge < -0.3 is 0 Å². The van der Waals surface area contributed by atoms with Gasteiger partial charge in [0.1, 0.15) is 0 Å². The van der Waals surface area contributed by atoms with Gasteiger partial charge in [-0.2, -0.15) is 16.8 Å². The zero-order valence-electron chi connectivity index (χ0n) is 11.8. The molecule has 8 nitrogen and oxygen atoms in total. The van der Waals surface area contributed by atoms with Gasteiger partial charge in [0.05, 0.1) is 13.2 Å². The van der Waals surface area contributed by atoms with Gasteiger partial charge in [-0.3, -0.25) is 9.11 Å². The lowest BCUT2D eigenvalue weighted by Gasteiger charge is -2.05. The van der Waals surface area contributed by atoms with Crippen molar-refractivity contribution in [2.24, 2.45) is 0 Å². The molecule has 0 unspecified atom stereocenters. The van der Waals surface area contributed by atoms with E-state index in [1.54, 1.807) is 0 Å². The third-order valence-electron chi connectivity index (χ3n) is 1.95. The van der Waals surface area contributed by atoms with E-state index in [9.17, 15) is 8.42 Å². The fraction of sp³-hybridized carbons (Fsp3) is 1.00. The Morgan fingerprint density at radius 3 is 1.30 bits per heavy atom. The fourth-order valence-electron chi connectivity index (χ4n) is 1.06. The van der Waals surface area contributed by atoms with Crippen molar-refractivity contribution in [3.05, 3.63) is 0 Å². The van der Waals surface area contributed by atoms with E-state index >= 15 is 0 Å².